The Morgan fingerprint density at radius 2 is 1.90 bits per heavy atom. The van der Waals surface area contributed by atoms with Gasteiger partial charge in [-0.25, -0.2) is 0 Å². The smallest absolute Gasteiger partial charge is 0.265 e. The molecule has 1 aliphatic heterocycles. The molecule has 154 valence electrons. The Morgan fingerprint density at radius 3 is 2.60 bits per heavy atom. The minimum absolute atomic E-state index is 0.0176. The van der Waals surface area contributed by atoms with E-state index >= 15 is 0 Å². The van der Waals surface area contributed by atoms with Crippen molar-refractivity contribution in [2.45, 2.75) is 18.7 Å². The number of hydrogen-bond acceptors (Lipinski definition) is 5. The molecule has 2 atom stereocenters. The molecule has 0 bridgehead atoms. The SMILES string of the molecule is O=C(Nc1ccc([C@@H](O)[C@H]2COCC(=O)N2Cc2ccccc2)cc1)c1cccs1. The molecule has 0 radical (unpaired) electrons. The van der Waals surface area contributed by atoms with E-state index in [9.17, 15) is 14.7 Å². The highest BCUT2D eigenvalue weighted by molar-refractivity contribution is 7.12. The minimum atomic E-state index is -0.903. The molecule has 4 rings (SSSR count). The van der Waals surface area contributed by atoms with Gasteiger partial charge in [-0.1, -0.05) is 48.5 Å². The first-order chi connectivity index (χ1) is 14.6. The van der Waals surface area contributed by atoms with Crippen LogP contribution in [0.1, 0.15) is 26.9 Å². The molecule has 2 N–H and O–H groups in total. The lowest BCUT2D eigenvalue weighted by Crippen LogP contribution is -2.51. The molecule has 1 saturated heterocycles. The van der Waals surface area contributed by atoms with Crippen molar-refractivity contribution < 1.29 is 19.4 Å². The van der Waals surface area contributed by atoms with Crippen LogP contribution in [0.3, 0.4) is 0 Å². The predicted molar refractivity (Wildman–Crippen MR) is 115 cm³/mol. The van der Waals surface area contributed by atoms with Crippen LogP contribution in [0.2, 0.25) is 0 Å². The molecule has 0 aliphatic carbocycles. The normalized spacial score (nSPS) is 17.6. The van der Waals surface area contributed by atoms with Crippen molar-refractivity contribution in [2.24, 2.45) is 0 Å². The number of aliphatic hydroxyl groups excluding tert-OH is 1. The number of nitrogens with one attached hydrogen (secondary N) is 1. The fraction of sp³-hybridized carbons (Fsp3) is 0.217. The molecule has 1 aliphatic rings. The standard InChI is InChI=1S/C23H22N2O4S/c26-21-15-29-14-19(25(21)13-16-5-2-1-3-6-16)22(27)17-8-10-18(11-9-17)24-23(28)20-7-4-12-30-20/h1-12,19,22,27H,13-15H2,(H,24,28)/t19-,22-/m1/s1. The molecule has 2 aromatic carbocycles. The summed E-state index contributed by atoms with van der Waals surface area (Å²) in [5, 5.41) is 15.7. The van der Waals surface area contributed by atoms with Gasteiger partial charge in [0, 0.05) is 12.2 Å². The zero-order chi connectivity index (χ0) is 20.9. The minimum Gasteiger partial charge on any atom is -0.386 e. The van der Waals surface area contributed by atoms with Gasteiger partial charge in [0.05, 0.1) is 17.5 Å². The van der Waals surface area contributed by atoms with Gasteiger partial charge in [-0.15, -0.1) is 11.3 Å². The van der Waals surface area contributed by atoms with E-state index in [4.69, 9.17) is 4.74 Å². The Kier molecular flexibility index (Phi) is 6.23. The second kappa shape index (κ2) is 9.21. The van der Waals surface area contributed by atoms with Crippen LogP contribution in [0.25, 0.3) is 0 Å². The summed E-state index contributed by atoms with van der Waals surface area (Å²) in [6.07, 6.45) is -0.903. The number of carbonyl (C=O) groups is 2. The van der Waals surface area contributed by atoms with Crippen LogP contribution >= 0.6 is 11.3 Å². The number of rotatable bonds is 6. The third-order valence-electron chi connectivity index (χ3n) is 5.05. The molecule has 0 unspecified atom stereocenters. The van der Waals surface area contributed by atoms with E-state index in [-0.39, 0.29) is 25.0 Å². The Balaban J connectivity index is 1.47. The molecule has 2 amide bonds. The Morgan fingerprint density at radius 1 is 1.13 bits per heavy atom. The number of benzene rings is 2. The van der Waals surface area contributed by atoms with Gasteiger partial charge in [0.1, 0.15) is 12.7 Å². The lowest BCUT2D eigenvalue weighted by molar-refractivity contribution is -0.155. The van der Waals surface area contributed by atoms with Gasteiger partial charge >= 0.3 is 0 Å². The average Bonchev–Trinajstić information content (AvgIpc) is 3.31. The summed E-state index contributed by atoms with van der Waals surface area (Å²) in [5.74, 6) is -0.312. The van der Waals surface area contributed by atoms with E-state index in [1.165, 1.54) is 11.3 Å². The summed E-state index contributed by atoms with van der Waals surface area (Å²) in [5.41, 5.74) is 2.29. The molecular formula is C23H22N2O4S. The maximum absolute atomic E-state index is 12.5. The summed E-state index contributed by atoms with van der Waals surface area (Å²) < 4.78 is 5.42. The zero-order valence-electron chi connectivity index (χ0n) is 16.2. The molecule has 6 nitrogen and oxygen atoms in total. The highest BCUT2D eigenvalue weighted by Crippen LogP contribution is 2.27. The Labute approximate surface area is 178 Å². The monoisotopic (exact) mass is 422 g/mol. The number of morpholine rings is 1. The number of amides is 2. The highest BCUT2D eigenvalue weighted by atomic mass is 32.1. The third kappa shape index (κ3) is 4.59. The van der Waals surface area contributed by atoms with E-state index in [1.807, 2.05) is 41.8 Å². The molecule has 7 heteroatoms. The van der Waals surface area contributed by atoms with E-state index in [1.54, 1.807) is 35.2 Å². The molecular weight excluding hydrogens is 400 g/mol. The van der Waals surface area contributed by atoms with E-state index in [2.05, 4.69) is 5.32 Å². The number of ether oxygens (including phenoxy) is 1. The molecule has 0 saturated carbocycles. The number of nitrogens with zero attached hydrogens (tertiary/aromatic N) is 1. The van der Waals surface area contributed by atoms with Crippen LogP contribution in [0, 0.1) is 0 Å². The topological polar surface area (TPSA) is 78.9 Å². The van der Waals surface area contributed by atoms with Crippen LogP contribution in [-0.2, 0) is 16.1 Å². The average molecular weight is 423 g/mol. The molecule has 3 aromatic rings. The second-order valence-electron chi connectivity index (χ2n) is 7.09. The number of anilines is 1. The number of aliphatic hydroxyl groups is 1. The van der Waals surface area contributed by atoms with Gasteiger partial charge in [0.25, 0.3) is 5.91 Å². The lowest BCUT2D eigenvalue weighted by atomic mass is 9.99. The summed E-state index contributed by atoms with van der Waals surface area (Å²) in [4.78, 5) is 27.0. The lowest BCUT2D eigenvalue weighted by Gasteiger charge is -2.38. The summed E-state index contributed by atoms with van der Waals surface area (Å²) in [7, 11) is 0. The molecule has 1 aromatic heterocycles. The summed E-state index contributed by atoms with van der Waals surface area (Å²) in [6, 6.07) is 19.8. The number of hydrogen-bond donors (Lipinski definition) is 2. The van der Waals surface area contributed by atoms with Crippen LogP contribution in [-0.4, -0.2) is 41.1 Å². The van der Waals surface area contributed by atoms with Crippen molar-refractivity contribution in [3.8, 4) is 0 Å². The summed E-state index contributed by atoms with van der Waals surface area (Å²) in [6.45, 7) is 0.695. The molecule has 1 fully saturated rings. The quantitative estimate of drug-likeness (QED) is 0.638. The first-order valence-electron chi connectivity index (χ1n) is 9.66. The van der Waals surface area contributed by atoms with Crippen LogP contribution in [0.4, 0.5) is 5.69 Å². The fourth-order valence-corrected chi connectivity index (χ4v) is 4.08. The maximum atomic E-state index is 12.5. The number of carbonyl (C=O) groups excluding carboxylic acids is 2. The van der Waals surface area contributed by atoms with Crippen molar-refractivity contribution >= 4 is 28.8 Å². The van der Waals surface area contributed by atoms with Gasteiger partial charge in [0.15, 0.2) is 0 Å². The number of thiophene rings is 1. The van der Waals surface area contributed by atoms with Crippen molar-refractivity contribution in [3.05, 3.63) is 88.1 Å². The first-order valence-corrected chi connectivity index (χ1v) is 10.5. The van der Waals surface area contributed by atoms with E-state index < -0.39 is 12.1 Å². The van der Waals surface area contributed by atoms with Crippen molar-refractivity contribution in [3.63, 3.8) is 0 Å². The van der Waals surface area contributed by atoms with Crippen LogP contribution < -0.4 is 5.32 Å². The van der Waals surface area contributed by atoms with E-state index in [0.717, 1.165) is 5.56 Å². The van der Waals surface area contributed by atoms with Gasteiger partial charge in [-0.05, 0) is 34.7 Å². The van der Waals surface area contributed by atoms with Crippen LogP contribution in [0.5, 0.6) is 0 Å². The Hall–Kier alpha value is -3.00. The van der Waals surface area contributed by atoms with Crippen molar-refractivity contribution in [2.75, 3.05) is 18.5 Å². The van der Waals surface area contributed by atoms with Gasteiger partial charge in [-0.3, -0.25) is 9.59 Å². The van der Waals surface area contributed by atoms with Crippen LogP contribution in [0.15, 0.2) is 72.1 Å². The van der Waals surface area contributed by atoms with Crippen molar-refractivity contribution in [1.29, 1.82) is 0 Å². The fourth-order valence-electron chi connectivity index (χ4n) is 3.46. The van der Waals surface area contributed by atoms with Gasteiger partial charge in [0.2, 0.25) is 5.91 Å². The van der Waals surface area contributed by atoms with Gasteiger partial charge < -0.3 is 20.1 Å². The van der Waals surface area contributed by atoms with Gasteiger partial charge in [-0.2, -0.15) is 0 Å². The van der Waals surface area contributed by atoms with Crippen molar-refractivity contribution in [1.82, 2.24) is 4.90 Å². The second-order valence-corrected chi connectivity index (χ2v) is 8.04. The molecule has 0 spiro atoms. The zero-order valence-corrected chi connectivity index (χ0v) is 17.0. The maximum Gasteiger partial charge on any atom is 0.265 e. The largest absolute Gasteiger partial charge is 0.386 e. The molecule has 2 heterocycles. The predicted octanol–water partition coefficient (Wildman–Crippen LogP) is 3.46. The summed E-state index contributed by atoms with van der Waals surface area (Å²) >= 11 is 1.37. The third-order valence-corrected chi connectivity index (χ3v) is 5.92. The van der Waals surface area contributed by atoms with E-state index in [0.29, 0.717) is 22.7 Å². The first kappa shape index (κ1) is 20.3. The molecule has 30 heavy (non-hydrogen) atoms. The Bertz CT molecular complexity index is 990. The highest BCUT2D eigenvalue weighted by Gasteiger charge is 2.34.